The number of ether oxygens (including phenoxy) is 3. The molecule has 1 aliphatic carbocycles. The molecule has 2 aliphatic rings. The van der Waals surface area contributed by atoms with E-state index >= 15 is 0 Å². The fourth-order valence-electron chi connectivity index (χ4n) is 3.11. The highest BCUT2D eigenvalue weighted by molar-refractivity contribution is 5.42. The van der Waals surface area contributed by atoms with E-state index in [1.807, 2.05) is 19.1 Å². The molecular formula is C18H28N2O3. The molecule has 1 saturated carbocycles. The Bertz CT molecular complexity index is 505. The smallest absolute Gasteiger partial charge is 0.161 e. The maximum atomic E-state index is 5.87. The van der Waals surface area contributed by atoms with Gasteiger partial charge in [-0.2, -0.15) is 0 Å². The number of hydrogen-bond acceptors (Lipinski definition) is 5. The van der Waals surface area contributed by atoms with Gasteiger partial charge in [0.25, 0.3) is 0 Å². The molecule has 1 saturated heterocycles. The van der Waals surface area contributed by atoms with Crippen molar-refractivity contribution in [3.63, 3.8) is 0 Å². The predicted molar refractivity (Wildman–Crippen MR) is 90.2 cm³/mol. The van der Waals surface area contributed by atoms with E-state index in [2.05, 4.69) is 16.3 Å². The lowest BCUT2D eigenvalue weighted by Crippen LogP contribution is -2.47. The van der Waals surface area contributed by atoms with E-state index in [1.54, 1.807) is 7.11 Å². The van der Waals surface area contributed by atoms with E-state index in [4.69, 9.17) is 14.2 Å². The van der Waals surface area contributed by atoms with E-state index in [0.29, 0.717) is 12.7 Å². The van der Waals surface area contributed by atoms with Crippen LogP contribution in [0.3, 0.4) is 0 Å². The van der Waals surface area contributed by atoms with Crippen LogP contribution in [0.5, 0.6) is 11.5 Å². The first-order chi connectivity index (χ1) is 11.3. The van der Waals surface area contributed by atoms with Crippen LogP contribution in [0, 0.1) is 0 Å². The summed E-state index contributed by atoms with van der Waals surface area (Å²) in [5.74, 6) is 1.59. The standard InChI is InChI=1S/C18H28N2O3/c1-3-22-18-10-14(4-7-17(18)21-2)11-19-12-16-13-20(8-9-23-16)15-5-6-15/h4,7,10,15-16,19H,3,5-6,8-9,11-13H2,1-2H3/t16-/m1/s1. The number of nitrogens with zero attached hydrogens (tertiary/aromatic N) is 1. The highest BCUT2D eigenvalue weighted by atomic mass is 16.5. The lowest BCUT2D eigenvalue weighted by molar-refractivity contribution is -0.0301. The lowest BCUT2D eigenvalue weighted by Gasteiger charge is -2.33. The van der Waals surface area contributed by atoms with Gasteiger partial charge in [-0.25, -0.2) is 0 Å². The third kappa shape index (κ3) is 4.59. The van der Waals surface area contributed by atoms with Gasteiger partial charge in [-0.15, -0.1) is 0 Å². The van der Waals surface area contributed by atoms with Crippen LogP contribution in [0.25, 0.3) is 0 Å². The normalized spacial score (nSPS) is 22.1. The summed E-state index contributed by atoms with van der Waals surface area (Å²) < 4.78 is 16.8. The summed E-state index contributed by atoms with van der Waals surface area (Å²) in [6.07, 6.45) is 3.03. The van der Waals surface area contributed by atoms with Crippen molar-refractivity contribution in [2.45, 2.75) is 38.5 Å². The summed E-state index contributed by atoms with van der Waals surface area (Å²) in [5.41, 5.74) is 1.20. The summed E-state index contributed by atoms with van der Waals surface area (Å²) in [5, 5.41) is 3.51. The van der Waals surface area contributed by atoms with Crippen LogP contribution in [-0.2, 0) is 11.3 Å². The second kappa shape index (κ2) is 7.99. The van der Waals surface area contributed by atoms with Gasteiger partial charge in [0.15, 0.2) is 11.5 Å². The third-order valence-electron chi connectivity index (χ3n) is 4.46. The average molecular weight is 320 g/mol. The van der Waals surface area contributed by atoms with E-state index in [1.165, 1.54) is 18.4 Å². The fraction of sp³-hybridized carbons (Fsp3) is 0.667. The minimum atomic E-state index is 0.300. The number of morpholine rings is 1. The van der Waals surface area contributed by atoms with Crippen LogP contribution >= 0.6 is 0 Å². The number of hydrogen-bond donors (Lipinski definition) is 1. The molecule has 1 aliphatic heterocycles. The van der Waals surface area contributed by atoms with Gasteiger partial charge < -0.3 is 19.5 Å². The van der Waals surface area contributed by atoms with Crippen LogP contribution in [0.1, 0.15) is 25.3 Å². The van der Waals surface area contributed by atoms with Gasteiger partial charge in [0.05, 0.1) is 26.4 Å². The van der Waals surface area contributed by atoms with Gasteiger partial charge in [0.1, 0.15) is 0 Å². The highest BCUT2D eigenvalue weighted by Gasteiger charge is 2.32. The van der Waals surface area contributed by atoms with Gasteiger partial charge in [0, 0.05) is 32.2 Å². The molecule has 23 heavy (non-hydrogen) atoms. The van der Waals surface area contributed by atoms with Crippen LogP contribution in [0.4, 0.5) is 0 Å². The van der Waals surface area contributed by atoms with Crippen LogP contribution in [0.2, 0.25) is 0 Å². The summed E-state index contributed by atoms with van der Waals surface area (Å²) in [6.45, 7) is 7.34. The second-order valence-corrected chi connectivity index (χ2v) is 6.27. The summed E-state index contributed by atoms with van der Waals surface area (Å²) in [4.78, 5) is 2.58. The third-order valence-corrected chi connectivity index (χ3v) is 4.46. The van der Waals surface area contributed by atoms with Gasteiger partial charge in [-0.05, 0) is 37.5 Å². The minimum Gasteiger partial charge on any atom is -0.493 e. The van der Waals surface area contributed by atoms with Crippen molar-refractivity contribution in [3.8, 4) is 11.5 Å². The quantitative estimate of drug-likeness (QED) is 0.794. The first kappa shape index (κ1) is 16.6. The molecule has 0 unspecified atom stereocenters. The van der Waals surface area contributed by atoms with Crippen molar-refractivity contribution in [1.29, 1.82) is 0 Å². The zero-order valence-electron chi connectivity index (χ0n) is 14.2. The van der Waals surface area contributed by atoms with Gasteiger partial charge in [0.2, 0.25) is 0 Å². The zero-order valence-corrected chi connectivity index (χ0v) is 14.2. The fourth-order valence-corrected chi connectivity index (χ4v) is 3.11. The highest BCUT2D eigenvalue weighted by Crippen LogP contribution is 2.29. The Hall–Kier alpha value is -1.30. The van der Waals surface area contributed by atoms with E-state index in [-0.39, 0.29) is 0 Å². The van der Waals surface area contributed by atoms with Crippen molar-refractivity contribution in [3.05, 3.63) is 23.8 Å². The SMILES string of the molecule is CCOc1cc(CNC[C@@H]2CN(C3CC3)CCO2)ccc1OC. The Labute approximate surface area is 138 Å². The Morgan fingerprint density at radius 3 is 2.91 bits per heavy atom. The maximum Gasteiger partial charge on any atom is 0.161 e. The predicted octanol–water partition coefficient (Wildman–Crippen LogP) is 2.05. The largest absolute Gasteiger partial charge is 0.493 e. The molecule has 1 atom stereocenters. The molecule has 5 heteroatoms. The van der Waals surface area contributed by atoms with Crippen LogP contribution < -0.4 is 14.8 Å². The van der Waals surface area contributed by atoms with Gasteiger partial charge in [-0.1, -0.05) is 6.07 Å². The Balaban J connectivity index is 1.47. The van der Waals surface area contributed by atoms with Gasteiger partial charge >= 0.3 is 0 Å². The number of rotatable bonds is 8. The zero-order chi connectivity index (χ0) is 16.1. The first-order valence-corrected chi connectivity index (χ1v) is 8.66. The molecule has 1 heterocycles. The number of benzene rings is 1. The average Bonchev–Trinajstić information content (AvgIpc) is 3.41. The number of nitrogens with one attached hydrogen (secondary N) is 1. The molecule has 0 radical (unpaired) electrons. The minimum absolute atomic E-state index is 0.300. The monoisotopic (exact) mass is 320 g/mol. The molecule has 3 rings (SSSR count). The lowest BCUT2D eigenvalue weighted by atomic mass is 10.2. The Morgan fingerprint density at radius 2 is 2.17 bits per heavy atom. The first-order valence-electron chi connectivity index (χ1n) is 8.66. The molecule has 1 N–H and O–H groups in total. The summed E-state index contributed by atoms with van der Waals surface area (Å²) in [6, 6.07) is 6.92. The van der Waals surface area contributed by atoms with Crippen molar-refractivity contribution in [2.75, 3.05) is 40.0 Å². The van der Waals surface area contributed by atoms with Crippen LogP contribution in [0.15, 0.2) is 18.2 Å². The summed E-state index contributed by atoms with van der Waals surface area (Å²) >= 11 is 0. The summed E-state index contributed by atoms with van der Waals surface area (Å²) in [7, 11) is 1.67. The van der Waals surface area contributed by atoms with Crippen LogP contribution in [-0.4, -0.2) is 57.0 Å². The maximum absolute atomic E-state index is 5.87. The Morgan fingerprint density at radius 1 is 1.30 bits per heavy atom. The molecular weight excluding hydrogens is 292 g/mol. The second-order valence-electron chi connectivity index (χ2n) is 6.27. The molecule has 0 bridgehead atoms. The molecule has 5 nitrogen and oxygen atoms in total. The van der Waals surface area contributed by atoms with E-state index in [0.717, 1.165) is 50.3 Å². The van der Waals surface area contributed by atoms with Crippen molar-refractivity contribution < 1.29 is 14.2 Å². The van der Waals surface area contributed by atoms with E-state index < -0.39 is 0 Å². The van der Waals surface area contributed by atoms with E-state index in [9.17, 15) is 0 Å². The topological polar surface area (TPSA) is 43.0 Å². The molecule has 0 spiro atoms. The van der Waals surface area contributed by atoms with Crippen molar-refractivity contribution in [1.82, 2.24) is 10.2 Å². The molecule has 0 aromatic heterocycles. The Kier molecular flexibility index (Phi) is 5.75. The molecule has 0 amide bonds. The van der Waals surface area contributed by atoms with Crippen molar-refractivity contribution in [2.24, 2.45) is 0 Å². The van der Waals surface area contributed by atoms with Gasteiger partial charge in [-0.3, -0.25) is 4.90 Å². The number of methoxy groups -OCH3 is 1. The molecule has 1 aromatic rings. The molecule has 1 aromatic carbocycles. The van der Waals surface area contributed by atoms with Crippen molar-refractivity contribution >= 4 is 0 Å². The molecule has 128 valence electrons. The molecule has 2 fully saturated rings.